The molecule has 0 aromatic carbocycles. The van der Waals surface area contributed by atoms with Crippen LogP contribution in [0.2, 0.25) is 0 Å². The second kappa shape index (κ2) is 3.67. The number of hydrogen-bond donors (Lipinski definition) is 0. The first-order chi connectivity index (χ1) is 7.13. The highest BCUT2D eigenvalue weighted by atomic mass is 79.9. The van der Waals surface area contributed by atoms with Gasteiger partial charge in [-0.2, -0.15) is 0 Å². The Kier molecular flexibility index (Phi) is 1.28. The maximum atomic E-state index is 13.2. The molecule has 4 heteroatoms. The molecule has 1 aromatic rings. The average Bonchev–Trinajstić information content (AvgIpc) is 2.08. The topological polar surface area (TPSA) is 22.1 Å². The second-order valence-electron chi connectivity index (χ2n) is 1.64. The molecule has 0 bridgehead atoms. The van der Waals surface area contributed by atoms with Gasteiger partial charge < -0.3 is 4.74 Å². The van der Waals surface area contributed by atoms with E-state index in [2.05, 4.69) is 25.7 Å². The molecule has 0 saturated carbocycles. The van der Waals surface area contributed by atoms with Gasteiger partial charge in [-0.3, -0.25) is 0 Å². The van der Waals surface area contributed by atoms with Crippen molar-refractivity contribution in [3.8, 4) is 5.88 Å². The van der Waals surface area contributed by atoms with Gasteiger partial charge in [-0.05, 0) is 28.8 Å². The van der Waals surface area contributed by atoms with Crippen LogP contribution in [0.3, 0.4) is 0 Å². The molecule has 0 unspecified atom stereocenters. The Morgan fingerprint density at radius 2 is 2.82 bits per heavy atom. The molecule has 0 aliphatic carbocycles. The van der Waals surface area contributed by atoms with Crippen LogP contribution in [0.5, 0.6) is 5.88 Å². The zero-order chi connectivity index (χ0) is 12.6. The van der Waals surface area contributed by atoms with Crippen LogP contribution in [0.15, 0.2) is 16.7 Å². The fourth-order valence-corrected chi connectivity index (χ4v) is 0.829. The van der Waals surface area contributed by atoms with Gasteiger partial charge in [-0.1, -0.05) is 0 Å². The van der Waals surface area contributed by atoms with Crippen LogP contribution >= 0.6 is 15.9 Å². The molecule has 0 aliphatic heterocycles. The van der Waals surface area contributed by atoms with Gasteiger partial charge in [0.1, 0.15) is 0 Å². The van der Waals surface area contributed by atoms with Gasteiger partial charge in [0.05, 0.1) is 9.30 Å². The number of halogens is 2. The van der Waals surface area contributed by atoms with E-state index in [-0.39, 0.29) is 0 Å². The molecule has 1 aromatic heterocycles. The van der Waals surface area contributed by atoms with E-state index in [1.54, 1.807) is 0 Å². The Balaban J connectivity index is 2.97. The van der Waals surface area contributed by atoms with E-state index >= 15 is 0 Å². The summed E-state index contributed by atoms with van der Waals surface area (Å²) in [5.74, 6) is -1.63. The molecular formula is C7H7BrFNO. The van der Waals surface area contributed by atoms with Gasteiger partial charge in [0.2, 0.25) is 5.88 Å². The molecule has 1 rings (SSSR count). The molecule has 0 fully saturated rings. The Hall–Kier alpha value is -0.640. The molecule has 11 heavy (non-hydrogen) atoms. The molecule has 0 saturated heterocycles. The summed E-state index contributed by atoms with van der Waals surface area (Å²) in [7, 11) is 0. The highest BCUT2D eigenvalue weighted by Gasteiger charge is 2.03. The van der Waals surface area contributed by atoms with E-state index < -0.39 is 25.1 Å². The number of ether oxygens (including phenoxy) is 1. The minimum atomic E-state index is -3.02. The number of hydrogen-bond acceptors (Lipinski definition) is 2. The van der Waals surface area contributed by atoms with Gasteiger partial charge in [-0.25, -0.2) is 9.37 Å². The van der Waals surface area contributed by atoms with Crippen LogP contribution in [-0.2, 0) is 0 Å². The van der Waals surface area contributed by atoms with Gasteiger partial charge >= 0.3 is 0 Å². The summed E-state index contributed by atoms with van der Waals surface area (Å²) in [5, 5.41) is 0. The lowest BCUT2D eigenvalue weighted by atomic mass is 10.5. The highest BCUT2D eigenvalue weighted by molar-refractivity contribution is 9.10. The van der Waals surface area contributed by atoms with E-state index in [0.717, 1.165) is 6.07 Å². The summed E-state index contributed by atoms with van der Waals surface area (Å²) in [6, 6.07) is 0.998. The lowest BCUT2D eigenvalue weighted by molar-refractivity contribution is 0.307. The monoisotopic (exact) mass is 224 g/mol. The first kappa shape index (κ1) is 3.85. The van der Waals surface area contributed by atoms with E-state index in [1.807, 2.05) is 0 Å². The summed E-state index contributed by atoms with van der Waals surface area (Å²) >= 11 is 2.95. The molecule has 0 N–H and O–H groups in total. The Bertz CT molecular complexity index is 397. The number of rotatable bonds is 2. The summed E-state index contributed by atoms with van der Waals surface area (Å²) in [6.07, 6.45) is 1.17. The average molecular weight is 225 g/mol. The Labute approximate surface area is 79.6 Å². The number of nitrogens with zero attached hydrogens (tertiary/aromatic N) is 1. The standard InChI is InChI=1S/C7H7BrFNO/c1-2-11-7-6(9)3-5(8)4-10-7/h3-4H,2H2,1H3/i1D3,2D2. The maximum absolute atomic E-state index is 13.2. The van der Waals surface area contributed by atoms with Crippen molar-refractivity contribution < 1.29 is 16.0 Å². The van der Waals surface area contributed by atoms with Crippen LogP contribution in [0.4, 0.5) is 4.39 Å². The van der Waals surface area contributed by atoms with Crippen LogP contribution in [0, 0.1) is 5.82 Å². The van der Waals surface area contributed by atoms with Gasteiger partial charge in [0, 0.05) is 14.8 Å². The molecule has 0 spiro atoms. The van der Waals surface area contributed by atoms with Crippen molar-refractivity contribution >= 4 is 15.9 Å². The molecule has 1 heterocycles. The molecule has 0 aliphatic rings. The summed E-state index contributed by atoms with van der Waals surface area (Å²) in [5.41, 5.74) is 0. The zero-order valence-electron chi connectivity index (χ0n) is 10.3. The Morgan fingerprint density at radius 3 is 3.45 bits per heavy atom. The van der Waals surface area contributed by atoms with Crippen LogP contribution < -0.4 is 4.74 Å². The largest absolute Gasteiger partial charge is 0.476 e. The van der Waals surface area contributed by atoms with E-state index in [1.165, 1.54) is 6.20 Å². The van der Waals surface area contributed by atoms with Gasteiger partial charge in [0.15, 0.2) is 5.82 Å². The van der Waals surface area contributed by atoms with E-state index in [0.29, 0.717) is 4.47 Å². The van der Waals surface area contributed by atoms with Crippen molar-refractivity contribution in [3.05, 3.63) is 22.6 Å². The van der Waals surface area contributed by atoms with E-state index in [9.17, 15) is 4.39 Å². The van der Waals surface area contributed by atoms with Crippen LogP contribution in [-0.4, -0.2) is 11.5 Å². The molecule has 2 nitrogen and oxygen atoms in total. The molecule has 0 radical (unpaired) electrons. The van der Waals surface area contributed by atoms with Gasteiger partial charge in [-0.15, -0.1) is 0 Å². The van der Waals surface area contributed by atoms with Crippen molar-refractivity contribution in [2.45, 2.75) is 6.85 Å². The third-order valence-corrected chi connectivity index (χ3v) is 1.36. The predicted molar refractivity (Wildman–Crippen MR) is 43.1 cm³/mol. The normalized spacial score (nSPS) is 18.9. The van der Waals surface area contributed by atoms with Crippen molar-refractivity contribution in [2.75, 3.05) is 6.56 Å². The highest BCUT2D eigenvalue weighted by Crippen LogP contribution is 2.17. The van der Waals surface area contributed by atoms with Crippen LogP contribution in [0.25, 0.3) is 0 Å². The third kappa shape index (κ3) is 2.15. The third-order valence-electron chi connectivity index (χ3n) is 0.922. The fraction of sp³-hybridized carbons (Fsp3) is 0.286. The number of aromatic nitrogens is 1. The summed E-state index contributed by atoms with van der Waals surface area (Å²) in [6.45, 7) is -6.01. The second-order valence-corrected chi connectivity index (χ2v) is 2.56. The lowest BCUT2D eigenvalue weighted by Crippen LogP contribution is -1.96. The zero-order valence-corrected chi connectivity index (χ0v) is 6.85. The predicted octanol–water partition coefficient (Wildman–Crippen LogP) is 2.38. The van der Waals surface area contributed by atoms with Crippen LogP contribution in [0.1, 0.15) is 13.7 Å². The van der Waals surface area contributed by atoms with Crippen molar-refractivity contribution in [1.82, 2.24) is 4.98 Å². The quantitative estimate of drug-likeness (QED) is 0.770. The maximum Gasteiger partial charge on any atom is 0.250 e. The Morgan fingerprint density at radius 1 is 2.00 bits per heavy atom. The smallest absolute Gasteiger partial charge is 0.250 e. The number of pyridine rings is 1. The molecule has 0 atom stereocenters. The lowest BCUT2D eigenvalue weighted by Gasteiger charge is -2.01. The van der Waals surface area contributed by atoms with Crippen molar-refractivity contribution in [1.29, 1.82) is 0 Å². The fourth-order valence-electron chi connectivity index (χ4n) is 0.525. The molecular weight excluding hydrogens is 213 g/mol. The molecule has 60 valence electrons. The summed E-state index contributed by atoms with van der Waals surface area (Å²) < 4.78 is 52.8. The first-order valence-electron chi connectivity index (χ1n) is 5.13. The van der Waals surface area contributed by atoms with Crippen molar-refractivity contribution in [2.24, 2.45) is 0 Å². The molecule has 0 amide bonds. The van der Waals surface area contributed by atoms with E-state index in [4.69, 9.17) is 6.85 Å². The van der Waals surface area contributed by atoms with Crippen molar-refractivity contribution in [3.63, 3.8) is 0 Å². The SMILES string of the molecule is [2H]C([2H])([2H])C([2H])([2H])Oc1ncc(Br)cc1F. The first-order valence-corrected chi connectivity index (χ1v) is 3.43. The minimum absolute atomic E-state index is 0.340. The summed E-state index contributed by atoms with van der Waals surface area (Å²) in [4.78, 5) is 3.44. The minimum Gasteiger partial charge on any atom is -0.476 e. The van der Waals surface area contributed by atoms with Gasteiger partial charge in [0.25, 0.3) is 0 Å².